The van der Waals surface area contributed by atoms with E-state index in [4.69, 9.17) is 4.74 Å². The van der Waals surface area contributed by atoms with Crippen LogP contribution in [0.3, 0.4) is 0 Å². The molecule has 0 atom stereocenters. The van der Waals surface area contributed by atoms with Gasteiger partial charge in [0.2, 0.25) is 0 Å². The molecule has 3 aromatic carbocycles. The van der Waals surface area contributed by atoms with Gasteiger partial charge in [-0.15, -0.1) is 0 Å². The van der Waals surface area contributed by atoms with Gasteiger partial charge in [0.1, 0.15) is 5.75 Å². The van der Waals surface area contributed by atoms with Gasteiger partial charge in [-0.2, -0.15) is 0 Å². The molecule has 3 N–H and O–H groups in total. The standard InChI is InChI=1S/C24H27N3O4S/c1-5-31-21-10-6-19(7-11-21)25-24(28)26-20-8-12-22(13-9-20)32(29,30)27-23-17(3)14-16(2)15-18(23)4/h6-15,27H,5H2,1-4H3,(H2,25,26,28). The van der Waals surface area contributed by atoms with Gasteiger partial charge in [0.05, 0.1) is 17.2 Å². The number of amides is 2. The minimum Gasteiger partial charge on any atom is -0.494 e. The van der Waals surface area contributed by atoms with Gasteiger partial charge < -0.3 is 15.4 Å². The van der Waals surface area contributed by atoms with Crippen LogP contribution in [0, 0.1) is 20.8 Å². The molecule has 3 rings (SSSR count). The van der Waals surface area contributed by atoms with Crippen molar-refractivity contribution in [2.75, 3.05) is 22.0 Å². The SMILES string of the molecule is CCOc1ccc(NC(=O)Nc2ccc(S(=O)(=O)Nc3c(C)cc(C)cc3C)cc2)cc1. The molecule has 0 aliphatic heterocycles. The molecule has 0 fully saturated rings. The first-order valence-electron chi connectivity index (χ1n) is 10.2. The highest BCUT2D eigenvalue weighted by Gasteiger charge is 2.17. The molecule has 0 aliphatic rings. The highest BCUT2D eigenvalue weighted by atomic mass is 32.2. The molecule has 7 nitrogen and oxygen atoms in total. The van der Waals surface area contributed by atoms with Crippen LogP contribution in [0.25, 0.3) is 0 Å². The summed E-state index contributed by atoms with van der Waals surface area (Å²) >= 11 is 0. The topological polar surface area (TPSA) is 96.5 Å². The van der Waals surface area contributed by atoms with E-state index in [2.05, 4.69) is 15.4 Å². The Kier molecular flexibility index (Phi) is 7.05. The molecule has 3 aromatic rings. The molecule has 0 aliphatic carbocycles. The van der Waals surface area contributed by atoms with Crippen LogP contribution in [0.1, 0.15) is 23.6 Å². The molecule has 0 bridgehead atoms. The minimum absolute atomic E-state index is 0.106. The summed E-state index contributed by atoms with van der Waals surface area (Å²) in [5.41, 5.74) is 4.44. The summed E-state index contributed by atoms with van der Waals surface area (Å²) < 4.78 is 33.7. The Labute approximate surface area is 188 Å². The number of hydrogen-bond acceptors (Lipinski definition) is 4. The van der Waals surface area contributed by atoms with Crippen LogP contribution in [0.2, 0.25) is 0 Å². The van der Waals surface area contributed by atoms with Crippen LogP contribution < -0.4 is 20.1 Å². The number of sulfonamides is 1. The summed E-state index contributed by atoms with van der Waals surface area (Å²) in [7, 11) is -3.76. The van der Waals surface area contributed by atoms with E-state index in [9.17, 15) is 13.2 Å². The fraction of sp³-hybridized carbons (Fsp3) is 0.208. The van der Waals surface area contributed by atoms with Crippen molar-refractivity contribution in [3.8, 4) is 5.75 Å². The lowest BCUT2D eigenvalue weighted by molar-refractivity contribution is 0.262. The number of carbonyl (C=O) groups is 1. The minimum atomic E-state index is -3.76. The van der Waals surface area contributed by atoms with E-state index in [0.29, 0.717) is 23.7 Å². The van der Waals surface area contributed by atoms with E-state index in [-0.39, 0.29) is 4.90 Å². The highest BCUT2D eigenvalue weighted by Crippen LogP contribution is 2.25. The quantitative estimate of drug-likeness (QED) is 0.443. The molecule has 0 saturated heterocycles. The van der Waals surface area contributed by atoms with Crippen molar-refractivity contribution in [1.82, 2.24) is 0 Å². The fourth-order valence-corrected chi connectivity index (χ4v) is 4.55. The van der Waals surface area contributed by atoms with Gasteiger partial charge >= 0.3 is 6.03 Å². The number of nitrogens with one attached hydrogen (secondary N) is 3. The molecule has 2 amide bonds. The monoisotopic (exact) mass is 453 g/mol. The van der Waals surface area contributed by atoms with Crippen molar-refractivity contribution >= 4 is 33.1 Å². The summed E-state index contributed by atoms with van der Waals surface area (Å²) in [6.45, 7) is 8.17. The lowest BCUT2D eigenvalue weighted by Gasteiger charge is -2.15. The summed E-state index contributed by atoms with van der Waals surface area (Å²) in [4.78, 5) is 12.3. The first kappa shape index (κ1) is 23.1. The Morgan fingerprint density at radius 3 is 1.84 bits per heavy atom. The zero-order valence-electron chi connectivity index (χ0n) is 18.5. The number of rotatable bonds is 7. The number of urea groups is 1. The first-order chi connectivity index (χ1) is 15.2. The van der Waals surface area contributed by atoms with Crippen LogP contribution in [0.15, 0.2) is 65.6 Å². The maximum atomic E-state index is 12.8. The maximum Gasteiger partial charge on any atom is 0.323 e. The first-order valence-corrected chi connectivity index (χ1v) is 11.7. The van der Waals surface area contributed by atoms with Gasteiger partial charge in [-0.05, 0) is 87.4 Å². The summed E-state index contributed by atoms with van der Waals surface area (Å²) in [6.07, 6.45) is 0. The average molecular weight is 454 g/mol. The van der Waals surface area contributed by atoms with Crippen molar-refractivity contribution in [1.29, 1.82) is 0 Å². The second-order valence-corrected chi connectivity index (χ2v) is 9.12. The molecular formula is C24H27N3O4S. The van der Waals surface area contributed by atoms with Crippen molar-refractivity contribution in [2.24, 2.45) is 0 Å². The predicted octanol–water partition coefficient (Wildman–Crippen LogP) is 5.46. The van der Waals surface area contributed by atoms with E-state index in [0.717, 1.165) is 22.4 Å². The van der Waals surface area contributed by atoms with Crippen LogP contribution in [0.5, 0.6) is 5.75 Å². The van der Waals surface area contributed by atoms with Crippen molar-refractivity contribution in [2.45, 2.75) is 32.6 Å². The molecule has 0 radical (unpaired) electrons. The van der Waals surface area contributed by atoms with Crippen molar-refractivity contribution < 1.29 is 17.9 Å². The number of benzene rings is 3. The van der Waals surface area contributed by atoms with Gasteiger partial charge in [0, 0.05) is 11.4 Å². The molecular weight excluding hydrogens is 426 g/mol. The van der Waals surface area contributed by atoms with Crippen LogP contribution >= 0.6 is 0 Å². The van der Waals surface area contributed by atoms with Crippen LogP contribution in [0.4, 0.5) is 21.9 Å². The third kappa shape index (κ3) is 5.79. The Balaban J connectivity index is 1.65. The van der Waals surface area contributed by atoms with Gasteiger partial charge in [-0.3, -0.25) is 4.72 Å². The summed E-state index contributed by atoms with van der Waals surface area (Å²) in [5, 5.41) is 5.40. The molecule has 0 spiro atoms. The predicted molar refractivity (Wildman–Crippen MR) is 128 cm³/mol. The smallest absolute Gasteiger partial charge is 0.323 e. The Morgan fingerprint density at radius 2 is 1.34 bits per heavy atom. The lowest BCUT2D eigenvalue weighted by atomic mass is 10.1. The second kappa shape index (κ2) is 9.74. The molecule has 168 valence electrons. The van der Waals surface area contributed by atoms with E-state index < -0.39 is 16.1 Å². The van der Waals surface area contributed by atoms with Crippen molar-refractivity contribution in [3.63, 3.8) is 0 Å². The molecule has 0 aromatic heterocycles. The third-order valence-corrected chi connectivity index (χ3v) is 6.12. The lowest BCUT2D eigenvalue weighted by Crippen LogP contribution is -2.19. The number of aryl methyl sites for hydroxylation is 3. The molecule has 0 heterocycles. The Bertz CT molecular complexity index is 1180. The molecule has 8 heteroatoms. The Morgan fingerprint density at radius 1 is 0.844 bits per heavy atom. The number of carbonyl (C=O) groups excluding carboxylic acids is 1. The molecule has 0 saturated carbocycles. The largest absolute Gasteiger partial charge is 0.494 e. The molecule has 32 heavy (non-hydrogen) atoms. The van der Waals surface area contributed by atoms with Gasteiger partial charge in [0.15, 0.2) is 0 Å². The zero-order valence-corrected chi connectivity index (χ0v) is 19.3. The van der Waals surface area contributed by atoms with E-state index >= 15 is 0 Å². The number of hydrogen-bond donors (Lipinski definition) is 3. The van der Waals surface area contributed by atoms with E-state index in [1.54, 1.807) is 36.4 Å². The van der Waals surface area contributed by atoms with E-state index in [1.807, 2.05) is 39.8 Å². The zero-order chi connectivity index (χ0) is 23.3. The van der Waals surface area contributed by atoms with Gasteiger partial charge in [0.25, 0.3) is 10.0 Å². The van der Waals surface area contributed by atoms with Gasteiger partial charge in [-0.25, -0.2) is 13.2 Å². The third-order valence-electron chi connectivity index (χ3n) is 4.76. The summed E-state index contributed by atoms with van der Waals surface area (Å²) in [5.74, 6) is 0.722. The van der Waals surface area contributed by atoms with Crippen LogP contribution in [-0.4, -0.2) is 21.1 Å². The number of ether oxygens (including phenoxy) is 1. The maximum absolute atomic E-state index is 12.8. The highest BCUT2D eigenvalue weighted by molar-refractivity contribution is 7.92. The van der Waals surface area contributed by atoms with Crippen LogP contribution in [-0.2, 0) is 10.0 Å². The number of anilines is 3. The fourth-order valence-electron chi connectivity index (χ4n) is 3.35. The van der Waals surface area contributed by atoms with Crippen molar-refractivity contribution in [3.05, 3.63) is 77.4 Å². The molecule has 0 unspecified atom stereocenters. The Hall–Kier alpha value is -3.52. The van der Waals surface area contributed by atoms with E-state index in [1.165, 1.54) is 12.1 Å². The normalized spacial score (nSPS) is 11.0. The summed E-state index contributed by atoms with van der Waals surface area (Å²) in [6, 6.07) is 16.4. The average Bonchev–Trinajstić information content (AvgIpc) is 2.73. The van der Waals surface area contributed by atoms with Gasteiger partial charge in [-0.1, -0.05) is 17.7 Å². The second-order valence-electron chi connectivity index (χ2n) is 7.44.